The number of carbonyl (C=O) groups excluding carboxylic acids is 13. The third-order valence-electron chi connectivity index (χ3n) is 17.3. The normalized spacial score (nSPS) is 16.1. The lowest BCUT2D eigenvalue weighted by atomic mass is 9.85. The monoisotopic (exact) mass is 1550 g/mol. The first-order valence-electron chi connectivity index (χ1n) is 33.8. The standard InChI is InChI=1S/C68H96BrN17O18S/c1-36(2)53(82-62(96)51-21-15-29-86(51)65(99)48(80-57(91)37(3)76-35-87)31-40-22-24-42(69)25-23-40)63(97)84-55(68(5,6)7)64(98)79-47(32-41-33-75-44-19-13-12-18-43(41)44)59(93)77-45(20-14-28-74-67(72)73)58(92)81-49(34-104-105(101,102)103)60(94)83-54(38(4)88)66(100)85(8)50(26-27-52(70)89)61(95)78-46(56(71)90)30-39-16-10-9-11-17-39/h9-13,16-19,22-25,33,35-38,45-51,53-55,75,88H,14-15,20-21,26-32,34H2,1-8H3,(H2,70,89)(H2,71,90)(H,76,87)(H,77,93)(H,78,95)(H,79,98)(H,80,91)(H,81,92)(H,82,96)(H,83,94)(H,84,97)(H4,72,73,74)(H,101,102,103)/t37-,38-,45+,46-,47-,48+,49-,50+,51+,53-,54+,55-/m1/s1. The van der Waals surface area contributed by atoms with Crippen molar-refractivity contribution in [2.45, 2.75) is 179 Å². The summed E-state index contributed by atoms with van der Waals surface area (Å²) in [6.45, 7) is 9.13. The van der Waals surface area contributed by atoms with Crippen molar-refractivity contribution in [1.29, 1.82) is 0 Å². The zero-order chi connectivity index (χ0) is 78.2. The van der Waals surface area contributed by atoms with Gasteiger partial charge in [0.2, 0.25) is 77.3 Å². The Balaban J connectivity index is 1.44. The van der Waals surface area contributed by atoms with Gasteiger partial charge >= 0.3 is 10.4 Å². The number of hydrogen-bond acceptors (Lipinski definition) is 18. The molecule has 1 aliphatic heterocycles. The van der Waals surface area contributed by atoms with E-state index in [4.69, 9.17) is 22.9 Å². The van der Waals surface area contributed by atoms with Crippen molar-refractivity contribution >= 4 is 120 Å². The van der Waals surface area contributed by atoms with Crippen LogP contribution in [0.15, 0.2) is 94.5 Å². The maximum atomic E-state index is 15.1. The number of carbonyl (C=O) groups is 13. The summed E-state index contributed by atoms with van der Waals surface area (Å²) in [7, 11) is -4.37. The third-order valence-corrected chi connectivity index (χ3v) is 18.2. The number of nitrogens with zero attached hydrogens (tertiary/aromatic N) is 3. The minimum atomic E-state index is -5.43. The second-order valence-electron chi connectivity index (χ2n) is 26.9. The number of guanidine groups is 1. The molecule has 3 aromatic carbocycles. The number of primary amides is 2. The zero-order valence-corrected chi connectivity index (χ0v) is 61.9. The molecule has 0 radical (unpaired) electrons. The summed E-state index contributed by atoms with van der Waals surface area (Å²) in [5.74, 6) is -12.7. The van der Waals surface area contributed by atoms with Crippen LogP contribution in [-0.2, 0) is 96.2 Å². The topological polar surface area (TPSA) is 553 Å². The summed E-state index contributed by atoms with van der Waals surface area (Å²) in [6.07, 6.45) is -1.20. The molecule has 37 heteroatoms. The molecule has 12 atom stereocenters. The molecule has 1 aromatic heterocycles. The lowest BCUT2D eigenvalue weighted by Gasteiger charge is -2.34. The largest absolute Gasteiger partial charge is 0.397 e. The van der Waals surface area contributed by atoms with E-state index < -0.39 is 185 Å². The molecule has 1 aliphatic rings. The highest BCUT2D eigenvalue weighted by molar-refractivity contribution is 9.10. The van der Waals surface area contributed by atoms with Crippen LogP contribution in [-0.4, -0.2) is 215 Å². The molecule has 0 bridgehead atoms. The Morgan fingerprint density at radius 2 is 1.28 bits per heavy atom. The molecule has 0 saturated carbocycles. The average molecular weight is 1550 g/mol. The van der Waals surface area contributed by atoms with E-state index in [0.29, 0.717) is 40.4 Å². The minimum absolute atomic E-state index is 0.0123. The number of halogens is 1. The number of aliphatic imine (C=N–C) groups is 1. The maximum Gasteiger partial charge on any atom is 0.397 e. The van der Waals surface area contributed by atoms with Gasteiger partial charge in [0.15, 0.2) is 5.96 Å². The molecule has 105 heavy (non-hydrogen) atoms. The lowest BCUT2D eigenvalue weighted by molar-refractivity contribution is -0.145. The van der Waals surface area contributed by atoms with Crippen molar-refractivity contribution < 1.29 is 84.6 Å². The van der Waals surface area contributed by atoms with Gasteiger partial charge in [-0.15, -0.1) is 0 Å². The molecular formula is C68H96BrN17O18S. The van der Waals surface area contributed by atoms with Gasteiger partial charge in [-0.3, -0.25) is 71.9 Å². The summed E-state index contributed by atoms with van der Waals surface area (Å²) in [4.78, 5) is 190. The minimum Gasteiger partial charge on any atom is -0.391 e. The number of hydrogen-bond donors (Lipinski definition) is 16. The van der Waals surface area contributed by atoms with Gasteiger partial charge in [0.25, 0.3) is 0 Å². The number of para-hydroxylation sites is 1. The van der Waals surface area contributed by atoms with Crippen molar-refractivity contribution in [1.82, 2.24) is 62.6 Å². The molecule has 5 rings (SSSR count). The number of aliphatic hydroxyl groups excluding tert-OH is 1. The molecule has 2 heterocycles. The van der Waals surface area contributed by atoms with Gasteiger partial charge in [-0.1, -0.05) is 111 Å². The van der Waals surface area contributed by atoms with Gasteiger partial charge in [0.05, 0.1) is 12.7 Å². The summed E-state index contributed by atoms with van der Waals surface area (Å²) in [5.41, 5.74) is 23.4. The Kier molecular flexibility index (Phi) is 32.3. The number of fused-ring (bicyclic) bond motifs is 1. The molecule has 0 aliphatic carbocycles. The summed E-state index contributed by atoms with van der Waals surface area (Å²) in [5, 5.41) is 34.5. The average Bonchev–Trinajstić information content (AvgIpc) is 1.78. The van der Waals surface area contributed by atoms with Crippen LogP contribution in [0.25, 0.3) is 10.9 Å². The van der Waals surface area contributed by atoms with E-state index in [0.717, 1.165) is 23.3 Å². The van der Waals surface area contributed by atoms with Crippen LogP contribution in [0.1, 0.15) is 104 Å². The van der Waals surface area contributed by atoms with E-state index in [9.17, 15) is 70.8 Å². The van der Waals surface area contributed by atoms with Crippen LogP contribution in [0.5, 0.6) is 0 Å². The Morgan fingerprint density at radius 1 is 0.695 bits per heavy atom. The third kappa shape index (κ3) is 26.5. The molecule has 13 amide bonds. The van der Waals surface area contributed by atoms with Gasteiger partial charge < -0.3 is 90.7 Å². The van der Waals surface area contributed by atoms with Crippen LogP contribution < -0.4 is 70.8 Å². The highest BCUT2D eigenvalue weighted by Crippen LogP contribution is 2.25. The highest BCUT2D eigenvalue weighted by atomic mass is 79.9. The molecule has 4 aromatic rings. The van der Waals surface area contributed by atoms with E-state index in [1.807, 2.05) is 0 Å². The van der Waals surface area contributed by atoms with Gasteiger partial charge in [-0.2, -0.15) is 8.42 Å². The lowest BCUT2D eigenvalue weighted by Crippen LogP contribution is -2.63. The molecule has 0 spiro atoms. The smallest absolute Gasteiger partial charge is 0.391 e. The zero-order valence-electron chi connectivity index (χ0n) is 59.5. The number of aromatic nitrogens is 1. The van der Waals surface area contributed by atoms with Gasteiger partial charge in [0.1, 0.15) is 66.5 Å². The first kappa shape index (κ1) is 85.5. The Bertz CT molecular complexity index is 3890. The Hall–Kier alpha value is -10.1. The second-order valence-corrected chi connectivity index (χ2v) is 28.9. The maximum absolute atomic E-state index is 15.1. The predicted molar refractivity (Wildman–Crippen MR) is 386 cm³/mol. The summed E-state index contributed by atoms with van der Waals surface area (Å²) < 4.78 is 39.2. The molecule has 0 unspecified atom stereocenters. The second kappa shape index (κ2) is 39.7. The molecular weight excluding hydrogens is 1450 g/mol. The van der Waals surface area contributed by atoms with Crippen molar-refractivity contribution in [3.8, 4) is 0 Å². The Morgan fingerprint density at radius 3 is 1.88 bits per heavy atom. The first-order chi connectivity index (χ1) is 49.3. The fourth-order valence-electron chi connectivity index (χ4n) is 11.5. The van der Waals surface area contributed by atoms with Crippen LogP contribution in [0.4, 0.5) is 0 Å². The van der Waals surface area contributed by atoms with Crippen LogP contribution >= 0.6 is 15.9 Å². The molecule has 574 valence electrons. The molecule has 1 saturated heterocycles. The van der Waals surface area contributed by atoms with Crippen LogP contribution in [0, 0.1) is 11.3 Å². The van der Waals surface area contributed by atoms with E-state index in [1.54, 1.807) is 120 Å². The van der Waals surface area contributed by atoms with Gasteiger partial charge in [0, 0.05) is 67.4 Å². The summed E-state index contributed by atoms with van der Waals surface area (Å²) in [6, 6.07) is 5.45. The quantitative estimate of drug-likeness (QED) is 0.00719. The number of aliphatic hydroxyl groups is 1. The van der Waals surface area contributed by atoms with E-state index in [1.165, 1.54) is 11.8 Å². The number of benzene rings is 3. The Labute approximate surface area is 615 Å². The highest BCUT2D eigenvalue weighted by Gasteiger charge is 2.43. The number of nitrogens with two attached hydrogens (primary N) is 4. The van der Waals surface area contributed by atoms with E-state index in [-0.39, 0.29) is 57.6 Å². The molecule has 35 nitrogen and oxygen atoms in total. The summed E-state index contributed by atoms with van der Waals surface area (Å²) >= 11 is 3.39. The van der Waals surface area contributed by atoms with E-state index in [2.05, 4.69) is 77.9 Å². The molecule has 20 N–H and O–H groups in total. The first-order valence-corrected chi connectivity index (χ1v) is 35.9. The fourth-order valence-corrected chi connectivity index (χ4v) is 12.1. The van der Waals surface area contributed by atoms with Crippen molar-refractivity contribution in [3.63, 3.8) is 0 Å². The fraction of sp³-hybridized carbons (Fsp3) is 0.500. The SMILES string of the molecule is CC(C)[C@@H](NC(=O)[C@@H]1CCCN1C(=O)[C@H](Cc1ccc(Br)cc1)NC(=O)[C@@H](C)NC=O)C(=O)N[C@H](C(=O)N[C@H](Cc1c[nH]c2ccccc12)C(=O)N[C@@H](CCCN=C(N)N)C(=O)N[C@H](COS(=O)(=O)O)C(=O)N[C@H](C(=O)N(C)[C@@H](CCC(N)=O)C(=O)N[C@H](Cc1ccccc1)C(N)=O)[C@@H](C)O)C(C)(C)C. The van der Waals surface area contributed by atoms with Crippen molar-refractivity contribution in [3.05, 3.63) is 106 Å². The number of nitrogens with one attached hydrogen (secondary N) is 10. The predicted octanol–water partition coefficient (Wildman–Crippen LogP) is -2.50. The number of rotatable bonds is 40. The molecule has 1 fully saturated rings. The van der Waals surface area contributed by atoms with E-state index >= 15 is 9.59 Å². The number of H-pyrrole nitrogens is 1. The van der Waals surface area contributed by atoms with Crippen LogP contribution in [0.2, 0.25) is 0 Å². The number of amides is 13. The van der Waals surface area contributed by atoms with Gasteiger partial charge in [-0.05, 0) is 92.2 Å². The van der Waals surface area contributed by atoms with Crippen LogP contribution in [0.3, 0.4) is 0 Å². The van der Waals surface area contributed by atoms with Crippen molar-refractivity contribution in [2.75, 3.05) is 26.7 Å². The number of likely N-dealkylation sites (N-methyl/N-ethyl adjacent to an activating group) is 1. The van der Waals surface area contributed by atoms with Crippen molar-refractivity contribution in [2.24, 2.45) is 39.3 Å². The van der Waals surface area contributed by atoms with Gasteiger partial charge in [-0.25, -0.2) is 4.18 Å². The number of aromatic amines is 1. The number of likely N-dealkylation sites (tertiary alicyclic amines) is 1.